The summed E-state index contributed by atoms with van der Waals surface area (Å²) < 4.78 is 0. The Bertz CT molecular complexity index is 284. The van der Waals surface area contributed by atoms with Crippen LogP contribution in [0.15, 0.2) is 0 Å². The Hall–Kier alpha value is -0.900. The molecule has 0 aromatic heterocycles. The molecule has 1 saturated carbocycles. The lowest BCUT2D eigenvalue weighted by Crippen LogP contribution is -2.42. The molecule has 1 N–H and O–H groups in total. The normalized spacial score (nSPS) is 42.9. The van der Waals surface area contributed by atoms with E-state index in [1.54, 1.807) is 13.8 Å². The Balaban J connectivity index is 2.51. The van der Waals surface area contributed by atoms with Crippen LogP contribution in [0.25, 0.3) is 0 Å². The van der Waals surface area contributed by atoms with Gasteiger partial charge in [0.05, 0.1) is 10.8 Å². The number of hydrogen-bond acceptors (Lipinski definition) is 3. The Kier molecular flexibility index (Phi) is 1.77. The van der Waals surface area contributed by atoms with E-state index in [9.17, 15) is 14.8 Å². The standard InChI is InChI=1S/C10H15NO3/c1-9-5-3-4-6-10(9,2)8(13)11(14)7(9)12/h14H,3-6H2,1-2H3/t9-,10+. The van der Waals surface area contributed by atoms with Gasteiger partial charge in [0.1, 0.15) is 0 Å². The van der Waals surface area contributed by atoms with Gasteiger partial charge in [0.25, 0.3) is 11.8 Å². The Morgan fingerprint density at radius 2 is 1.43 bits per heavy atom. The van der Waals surface area contributed by atoms with Gasteiger partial charge < -0.3 is 0 Å². The Morgan fingerprint density at radius 3 is 1.79 bits per heavy atom. The van der Waals surface area contributed by atoms with E-state index in [1.165, 1.54) is 0 Å². The molecule has 0 aromatic rings. The number of imide groups is 1. The van der Waals surface area contributed by atoms with E-state index in [0.29, 0.717) is 17.9 Å². The van der Waals surface area contributed by atoms with Crippen LogP contribution in [0.1, 0.15) is 39.5 Å². The van der Waals surface area contributed by atoms with Gasteiger partial charge in [0, 0.05) is 0 Å². The summed E-state index contributed by atoms with van der Waals surface area (Å²) in [5, 5.41) is 9.69. The van der Waals surface area contributed by atoms with Crippen LogP contribution in [0, 0.1) is 10.8 Å². The first kappa shape index (κ1) is 9.65. The summed E-state index contributed by atoms with van der Waals surface area (Å²) in [5.74, 6) is -0.852. The molecule has 4 heteroatoms. The van der Waals surface area contributed by atoms with Crippen molar-refractivity contribution in [2.24, 2.45) is 10.8 Å². The molecule has 1 aliphatic heterocycles. The first-order valence-electron chi connectivity index (χ1n) is 5.01. The summed E-state index contributed by atoms with van der Waals surface area (Å²) in [5.41, 5.74) is -1.37. The van der Waals surface area contributed by atoms with E-state index in [-0.39, 0.29) is 0 Å². The zero-order valence-corrected chi connectivity index (χ0v) is 8.54. The van der Waals surface area contributed by atoms with Gasteiger partial charge >= 0.3 is 0 Å². The molecule has 1 aliphatic carbocycles. The molecule has 2 fully saturated rings. The molecular weight excluding hydrogens is 182 g/mol. The van der Waals surface area contributed by atoms with E-state index in [1.807, 2.05) is 0 Å². The van der Waals surface area contributed by atoms with Crippen molar-refractivity contribution >= 4 is 11.8 Å². The molecule has 2 aliphatic rings. The van der Waals surface area contributed by atoms with Crippen molar-refractivity contribution in [3.63, 3.8) is 0 Å². The highest BCUT2D eigenvalue weighted by Crippen LogP contribution is 2.56. The lowest BCUT2D eigenvalue weighted by molar-refractivity contribution is -0.175. The summed E-state index contributed by atoms with van der Waals surface area (Å²) >= 11 is 0. The number of carbonyl (C=O) groups excluding carboxylic acids is 2. The lowest BCUT2D eigenvalue weighted by atomic mass is 9.59. The molecule has 1 saturated heterocycles. The van der Waals surface area contributed by atoms with Crippen LogP contribution in [0.3, 0.4) is 0 Å². The van der Waals surface area contributed by atoms with Crippen LogP contribution in [-0.4, -0.2) is 22.1 Å². The quantitative estimate of drug-likeness (QED) is 0.471. The number of hydrogen-bond donors (Lipinski definition) is 1. The SMILES string of the molecule is C[C@@]12CCCC[C@]1(C)C(=O)N(O)C2=O. The van der Waals surface area contributed by atoms with Gasteiger partial charge in [-0.05, 0) is 26.7 Å². The first-order chi connectivity index (χ1) is 6.43. The zero-order chi connectivity index (χ0) is 10.6. The van der Waals surface area contributed by atoms with Gasteiger partial charge in [-0.25, -0.2) is 0 Å². The van der Waals surface area contributed by atoms with Gasteiger partial charge in [-0.1, -0.05) is 12.8 Å². The van der Waals surface area contributed by atoms with E-state index < -0.39 is 22.6 Å². The molecule has 2 amide bonds. The fraction of sp³-hybridized carbons (Fsp3) is 0.800. The van der Waals surface area contributed by atoms with Crippen molar-refractivity contribution in [1.82, 2.24) is 5.06 Å². The average molecular weight is 197 g/mol. The molecule has 4 nitrogen and oxygen atoms in total. The molecule has 0 aromatic carbocycles. The molecule has 0 spiro atoms. The third kappa shape index (κ3) is 0.823. The fourth-order valence-corrected chi connectivity index (χ4v) is 2.75. The van der Waals surface area contributed by atoms with Crippen molar-refractivity contribution in [3.05, 3.63) is 0 Å². The smallest absolute Gasteiger partial charge is 0.260 e. The van der Waals surface area contributed by atoms with Crippen molar-refractivity contribution in [1.29, 1.82) is 0 Å². The second-order valence-electron chi connectivity index (χ2n) is 4.79. The maximum Gasteiger partial charge on any atom is 0.260 e. The summed E-state index contributed by atoms with van der Waals surface area (Å²) in [6.07, 6.45) is 3.31. The molecule has 1 heterocycles. The van der Waals surface area contributed by atoms with Gasteiger partial charge in [0.2, 0.25) is 0 Å². The summed E-state index contributed by atoms with van der Waals surface area (Å²) in [6.45, 7) is 3.59. The predicted molar refractivity (Wildman–Crippen MR) is 48.3 cm³/mol. The first-order valence-corrected chi connectivity index (χ1v) is 5.01. The van der Waals surface area contributed by atoms with Crippen LogP contribution in [-0.2, 0) is 9.59 Å². The van der Waals surface area contributed by atoms with Crippen LogP contribution in [0.5, 0.6) is 0 Å². The van der Waals surface area contributed by atoms with Crippen molar-refractivity contribution < 1.29 is 14.8 Å². The fourth-order valence-electron chi connectivity index (χ4n) is 2.75. The van der Waals surface area contributed by atoms with Gasteiger partial charge in [0.15, 0.2) is 0 Å². The third-order valence-electron chi connectivity index (χ3n) is 4.15. The second kappa shape index (κ2) is 2.57. The van der Waals surface area contributed by atoms with Crippen LogP contribution in [0.4, 0.5) is 0 Å². The second-order valence-corrected chi connectivity index (χ2v) is 4.79. The van der Waals surface area contributed by atoms with Crippen molar-refractivity contribution in [3.8, 4) is 0 Å². The molecule has 0 bridgehead atoms. The van der Waals surface area contributed by atoms with E-state index in [2.05, 4.69) is 0 Å². The van der Waals surface area contributed by atoms with Crippen molar-refractivity contribution in [2.45, 2.75) is 39.5 Å². The van der Waals surface area contributed by atoms with Gasteiger partial charge in [-0.15, -0.1) is 0 Å². The van der Waals surface area contributed by atoms with Crippen molar-refractivity contribution in [2.75, 3.05) is 0 Å². The van der Waals surface area contributed by atoms with Crippen LogP contribution in [0.2, 0.25) is 0 Å². The highest BCUT2D eigenvalue weighted by atomic mass is 16.5. The topological polar surface area (TPSA) is 57.6 Å². The number of carbonyl (C=O) groups is 2. The van der Waals surface area contributed by atoms with E-state index in [4.69, 9.17) is 0 Å². The summed E-state index contributed by atoms with van der Waals surface area (Å²) in [7, 11) is 0. The van der Waals surface area contributed by atoms with Gasteiger partial charge in [-0.3, -0.25) is 14.8 Å². The summed E-state index contributed by atoms with van der Waals surface area (Å²) in [4.78, 5) is 23.5. The Morgan fingerprint density at radius 1 is 1.07 bits per heavy atom. The number of amides is 2. The number of fused-ring (bicyclic) bond motifs is 1. The third-order valence-corrected chi connectivity index (χ3v) is 4.15. The largest absolute Gasteiger partial charge is 0.278 e. The molecule has 14 heavy (non-hydrogen) atoms. The minimum atomic E-state index is -0.683. The lowest BCUT2D eigenvalue weighted by Gasteiger charge is -2.39. The summed E-state index contributed by atoms with van der Waals surface area (Å²) in [6, 6.07) is 0. The van der Waals surface area contributed by atoms with E-state index in [0.717, 1.165) is 12.8 Å². The highest BCUT2D eigenvalue weighted by Gasteiger charge is 2.64. The highest BCUT2D eigenvalue weighted by molar-refractivity contribution is 6.08. The molecule has 0 radical (unpaired) electrons. The number of nitrogens with zero attached hydrogens (tertiary/aromatic N) is 1. The minimum Gasteiger partial charge on any atom is -0.278 e. The zero-order valence-electron chi connectivity index (χ0n) is 8.54. The molecule has 0 unspecified atom stereocenters. The molecular formula is C10H15NO3. The Labute approximate surface area is 82.8 Å². The molecule has 2 atom stereocenters. The predicted octanol–water partition coefficient (Wildman–Crippen LogP) is 1.33. The maximum absolute atomic E-state index is 11.7. The minimum absolute atomic E-state index is 0.325. The van der Waals surface area contributed by atoms with E-state index >= 15 is 0 Å². The van der Waals surface area contributed by atoms with Gasteiger partial charge in [-0.2, -0.15) is 5.06 Å². The molecule has 78 valence electrons. The monoisotopic (exact) mass is 197 g/mol. The maximum atomic E-state index is 11.7. The molecule has 2 rings (SSSR count). The number of hydroxylamine groups is 2. The number of rotatable bonds is 0. The average Bonchev–Trinajstić information content (AvgIpc) is 2.30. The van der Waals surface area contributed by atoms with Crippen LogP contribution < -0.4 is 0 Å². The van der Waals surface area contributed by atoms with Crippen LogP contribution >= 0.6 is 0 Å².